The summed E-state index contributed by atoms with van der Waals surface area (Å²) in [6.45, 7) is 9.37. The number of amides is 1. The molecule has 0 aliphatic carbocycles. The van der Waals surface area contributed by atoms with Crippen LogP contribution in [-0.4, -0.2) is 58.8 Å². The zero-order valence-electron chi connectivity index (χ0n) is 18.3. The highest BCUT2D eigenvalue weighted by Gasteiger charge is 2.22. The molecule has 0 unspecified atom stereocenters. The van der Waals surface area contributed by atoms with Crippen molar-refractivity contribution in [1.82, 2.24) is 20.1 Å². The average Bonchev–Trinajstić information content (AvgIpc) is 3.17. The van der Waals surface area contributed by atoms with E-state index < -0.39 is 0 Å². The number of carbonyl (C=O) groups excluding carboxylic acids is 1. The van der Waals surface area contributed by atoms with Gasteiger partial charge in [0, 0.05) is 26.2 Å². The maximum Gasteiger partial charge on any atom is 0.232 e. The molecular weight excluding hydrogens is 398 g/mol. The van der Waals surface area contributed by atoms with Gasteiger partial charge in [0.2, 0.25) is 11.9 Å². The third-order valence-corrected chi connectivity index (χ3v) is 5.90. The number of piperidine rings is 1. The second-order valence-corrected chi connectivity index (χ2v) is 8.86. The Morgan fingerprint density at radius 3 is 2.60 bits per heavy atom. The fraction of sp³-hybridized carbons (Fsp3) is 0.591. The Morgan fingerprint density at radius 2 is 1.90 bits per heavy atom. The highest BCUT2D eigenvalue weighted by Crippen LogP contribution is 2.28. The monoisotopic (exact) mass is 431 g/mol. The lowest BCUT2D eigenvalue weighted by molar-refractivity contribution is -0.118. The van der Waals surface area contributed by atoms with E-state index in [-0.39, 0.29) is 12.0 Å². The summed E-state index contributed by atoms with van der Waals surface area (Å²) < 4.78 is 7.59. The number of thioether (sulfide) groups is 1. The molecule has 164 valence electrons. The largest absolute Gasteiger partial charge is 0.379 e. The number of nitrogens with zero attached hydrogens (tertiary/aromatic N) is 4. The second kappa shape index (κ2) is 11.4. The number of rotatable bonds is 10. The molecule has 7 nitrogen and oxygen atoms in total. The number of aromatic nitrogens is 3. The van der Waals surface area contributed by atoms with Crippen molar-refractivity contribution in [2.24, 2.45) is 0 Å². The van der Waals surface area contributed by atoms with Crippen LogP contribution in [0.3, 0.4) is 0 Å². The van der Waals surface area contributed by atoms with Crippen molar-refractivity contribution in [3.63, 3.8) is 0 Å². The fourth-order valence-electron chi connectivity index (χ4n) is 3.37. The van der Waals surface area contributed by atoms with E-state index >= 15 is 0 Å². The molecule has 30 heavy (non-hydrogen) atoms. The minimum Gasteiger partial charge on any atom is -0.379 e. The molecule has 1 aliphatic heterocycles. The van der Waals surface area contributed by atoms with Gasteiger partial charge >= 0.3 is 0 Å². The zero-order chi connectivity index (χ0) is 21.3. The molecule has 3 rings (SSSR count). The van der Waals surface area contributed by atoms with E-state index in [0.717, 1.165) is 36.3 Å². The number of carbonyl (C=O) groups is 1. The number of ether oxygens (including phenoxy) is 1. The molecule has 1 saturated heterocycles. The SMILES string of the molecule is Cc1ccc(-n2c(SCC(=O)NCCCOC(C)C)nnc2N2CCCCC2)cc1. The van der Waals surface area contributed by atoms with Gasteiger partial charge in [0.25, 0.3) is 0 Å². The lowest BCUT2D eigenvalue weighted by Gasteiger charge is -2.27. The van der Waals surface area contributed by atoms with Crippen LogP contribution in [0, 0.1) is 6.92 Å². The van der Waals surface area contributed by atoms with Crippen LogP contribution in [0.2, 0.25) is 0 Å². The van der Waals surface area contributed by atoms with Crippen molar-refractivity contribution in [2.45, 2.75) is 57.7 Å². The quantitative estimate of drug-likeness (QED) is 0.458. The minimum absolute atomic E-state index is 0.00234. The van der Waals surface area contributed by atoms with Crippen LogP contribution in [0.4, 0.5) is 5.95 Å². The first-order chi connectivity index (χ1) is 14.5. The maximum atomic E-state index is 12.3. The van der Waals surface area contributed by atoms with Crippen molar-refractivity contribution in [3.05, 3.63) is 29.8 Å². The van der Waals surface area contributed by atoms with Crippen LogP contribution in [0.1, 0.15) is 45.1 Å². The third-order valence-electron chi connectivity index (χ3n) is 4.97. The van der Waals surface area contributed by atoms with Gasteiger partial charge in [-0.15, -0.1) is 10.2 Å². The number of nitrogens with one attached hydrogen (secondary N) is 1. The van der Waals surface area contributed by atoms with Gasteiger partial charge in [-0.05, 0) is 58.6 Å². The minimum atomic E-state index is 0.00234. The molecule has 8 heteroatoms. The Kier molecular flexibility index (Phi) is 8.57. The van der Waals surface area contributed by atoms with Gasteiger partial charge in [-0.2, -0.15) is 0 Å². The van der Waals surface area contributed by atoms with Crippen molar-refractivity contribution < 1.29 is 9.53 Å². The summed E-state index contributed by atoms with van der Waals surface area (Å²) in [4.78, 5) is 14.6. The van der Waals surface area contributed by atoms with E-state index in [1.807, 2.05) is 13.8 Å². The zero-order valence-corrected chi connectivity index (χ0v) is 19.1. The topological polar surface area (TPSA) is 72.3 Å². The summed E-state index contributed by atoms with van der Waals surface area (Å²) in [6, 6.07) is 8.36. The molecular formula is C22H33N5O2S. The lowest BCUT2D eigenvalue weighted by Crippen LogP contribution is -2.31. The molecule has 1 aromatic heterocycles. The van der Waals surface area contributed by atoms with E-state index in [2.05, 4.69) is 56.2 Å². The maximum absolute atomic E-state index is 12.3. The molecule has 1 aliphatic rings. The Bertz CT molecular complexity index is 800. The van der Waals surface area contributed by atoms with Gasteiger partial charge in [-0.25, -0.2) is 0 Å². The Balaban J connectivity index is 1.64. The summed E-state index contributed by atoms with van der Waals surface area (Å²) in [5.74, 6) is 1.18. The van der Waals surface area contributed by atoms with Crippen molar-refractivity contribution in [3.8, 4) is 5.69 Å². The van der Waals surface area contributed by atoms with Gasteiger partial charge in [0.15, 0.2) is 5.16 Å². The normalized spacial score (nSPS) is 14.3. The van der Waals surface area contributed by atoms with Gasteiger partial charge in [-0.1, -0.05) is 29.5 Å². The van der Waals surface area contributed by atoms with E-state index in [0.29, 0.717) is 18.9 Å². The molecule has 1 N–H and O–H groups in total. The lowest BCUT2D eigenvalue weighted by atomic mass is 10.1. The third kappa shape index (κ3) is 6.47. The molecule has 1 fully saturated rings. The van der Waals surface area contributed by atoms with E-state index in [1.165, 1.54) is 36.6 Å². The van der Waals surface area contributed by atoms with Gasteiger partial charge in [0.05, 0.1) is 17.5 Å². The molecule has 0 saturated carbocycles. The first-order valence-electron chi connectivity index (χ1n) is 10.8. The number of hydrogen-bond donors (Lipinski definition) is 1. The predicted molar refractivity (Wildman–Crippen MR) is 122 cm³/mol. The van der Waals surface area contributed by atoms with Crippen LogP contribution in [0.5, 0.6) is 0 Å². The first kappa shape index (κ1) is 22.6. The Hall–Kier alpha value is -2.06. The van der Waals surface area contributed by atoms with E-state index in [4.69, 9.17) is 4.74 Å². The highest BCUT2D eigenvalue weighted by atomic mass is 32.2. The summed E-state index contributed by atoms with van der Waals surface area (Å²) in [7, 11) is 0. The Morgan fingerprint density at radius 1 is 1.17 bits per heavy atom. The molecule has 0 radical (unpaired) electrons. The van der Waals surface area contributed by atoms with E-state index in [1.54, 1.807) is 0 Å². The molecule has 1 amide bonds. The van der Waals surface area contributed by atoms with Gasteiger partial charge in [-0.3, -0.25) is 9.36 Å². The standard InChI is InChI=1S/C22H33N5O2S/c1-17(2)29-15-7-12-23-20(28)16-30-22-25-24-21(26-13-5-4-6-14-26)27(22)19-10-8-18(3)9-11-19/h8-11,17H,4-7,12-16H2,1-3H3,(H,23,28). The Labute approximate surface area is 183 Å². The predicted octanol–water partition coefficient (Wildman–Crippen LogP) is 3.59. The average molecular weight is 432 g/mol. The van der Waals surface area contributed by atoms with Crippen LogP contribution < -0.4 is 10.2 Å². The van der Waals surface area contributed by atoms with E-state index in [9.17, 15) is 4.79 Å². The second-order valence-electron chi connectivity index (χ2n) is 7.91. The first-order valence-corrected chi connectivity index (χ1v) is 11.8. The summed E-state index contributed by atoms with van der Waals surface area (Å²) in [6.07, 6.45) is 4.64. The molecule has 0 atom stereocenters. The molecule has 2 aromatic rings. The van der Waals surface area contributed by atoms with Crippen LogP contribution in [-0.2, 0) is 9.53 Å². The smallest absolute Gasteiger partial charge is 0.232 e. The van der Waals surface area contributed by atoms with Crippen molar-refractivity contribution in [2.75, 3.05) is 36.9 Å². The number of anilines is 1. The molecule has 2 heterocycles. The highest BCUT2D eigenvalue weighted by molar-refractivity contribution is 7.99. The van der Waals surface area contributed by atoms with Crippen molar-refractivity contribution >= 4 is 23.6 Å². The van der Waals surface area contributed by atoms with Gasteiger partial charge < -0.3 is 15.0 Å². The van der Waals surface area contributed by atoms with Gasteiger partial charge in [0.1, 0.15) is 0 Å². The summed E-state index contributed by atoms with van der Waals surface area (Å²) in [5.41, 5.74) is 2.24. The summed E-state index contributed by atoms with van der Waals surface area (Å²) in [5, 5.41) is 12.6. The number of benzene rings is 1. The van der Waals surface area contributed by atoms with Crippen LogP contribution in [0.25, 0.3) is 5.69 Å². The number of hydrogen-bond acceptors (Lipinski definition) is 6. The summed E-state index contributed by atoms with van der Waals surface area (Å²) >= 11 is 1.43. The van der Waals surface area contributed by atoms with Crippen LogP contribution in [0.15, 0.2) is 29.4 Å². The molecule has 0 spiro atoms. The number of aryl methyl sites for hydroxylation is 1. The fourth-order valence-corrected chi connectivity index (χ4v) is 4.15. The van der Waals surface area contributed by atoms with Crippen LogP contribution >= 0.6 is 11.8 Å². The van der Waals surface area contributed by atoms with Crippen molar-refractivity contribution in [1.29, 1.82) is 0 Å². The molecule has 1 aromatic carbocycles. The molecule has 0 bridgehead atoms.